The van der Waals surface area contributed by atoms with Crippen molar-refractivity contribution in [3.05, 3.63) is 68.0 Å². The minimum absolute atomic E-state index is 0.0247. The Kier molecular flexibility index (Phi) is 4.70. The molecule has 7 heteroatoms. The van der Waals surface area contributed by atoms with Crippen LogP contribution in [-0.2, 0) is 14.1 Å². The Hall–Kier alpha value is -3.22. The zero-order chi connectivity index (χ0) is 19.9. The third kappa shape index (κ3) is 3.16. The summed E-state index contributed by atoms with van der Waals surface area (Å²) in [6, 6.07) is 7.21. The van der Waals surface area contributed by atoms with Gasteiger partial charge in [-0.1, -0.05) is 31.5 Å². The number of pyridine rings is 1. The van der Waals surface area contributed by atoms with Crippen LogP contribution in [0.2, 0.25) is 0 Å². The van der Waals surface area contributed by atoms with E-state index in [1.54, 1.807) is 31.4 Å². The lowest BCUT2D eigenvalue weighted by atomic mass is 10.0. The fraction of sp³-hybridized carbons (Fsp3) is 0.300. The molecule has 1 aromatic carbocycles. The lowest BCUT2D eigenvalue weighted by Crippen LogP contribution is -2.38. The minimum Gasteiger partial charge on any atom is -0.321 e. The molecule has 140 valence electrons. The predicted molar refractivity (Wildman–Crippen MR) is 105 cm³/mol. The Balaban J connectivity index is 2.29. The van der Waals surface area contributed by atoms with Gasteiger partial charge >= 0.3 is 5.69 Å². The summed E-state index contributed by atoms with van der Waals surface area (Å²) in [5.41, 5.74) is 1.89. The second-order valence-electron chi connectivity index (χ2n) is 6.97. The molecule has 3 rings (SSSR count). The normalized spacial score (nSPS) is 11.2. The van der Waals surface area contributed by atoms with Crippen molar-refractivity contribution in [1.82, 2.24) is 14.1 Å². The van der Waals surface area contributed by atoms with Crippen molar-refractivity contribution in [2.45, 2.75) is 26.7 Å². The second kappa shape index (κ2) is 6.83. The van der Waals surface area contributed by atoms with Gasteiger partial charge in [0.15, 0.2) is 5.65 Å². The van der Waals surface area contributed by atoms with Gasteiger partial charge in [0.2, 0.25) is 0 Å². The quantitative estimate of drug-likeness (QED) is 0.771. The maximum Gasteiger partial charge on any atom is 0.332 e. The highest BCUT2D eigenvalue weighted by atomic mass is 16.2. The highest BCUT2D eigenvalue weighted by Crippen LogP contribution is 2.29. The molecular weight excluding hydrogens is 344 g/mol. The number of aromatic nitrogens is 3. The van der Waals surface area contributed by atoms with E-state index in [0.717, 1.165) is 15.7 Å². The molecule has 1 N–H and O–H groups in total. The van der Waals surface area contributed by atoms with Crippen LogP contribution in [0.25, 0.3) is 11.0 Å². The molecule has 0 saturated heterocycles. The summed E-state index contributed by atoms with van der Waals surface area (Å²) in [5.74, 6) is -0.291. The molecule has 0 fully saturated rings. The number of carbonyl (C=O) groups excluding carboxylic acids is 1. The largest absolute Gasteiger partial charge is 0.332 e. The number of carbonyl (C=O) groups is 1. The van der Waals surface area contributed by atoms with Crippen molar-refractivity contribution >= 4 is 22.6 Å². The minimum atomic E-state index is -0.484. The monoisotopic (exact) mass is 366 g/mol. The first-order valence-corrected chi connectivity index (χ1v) is 8.69. The summed E-state index contributed by atoms with van der Waals surface area (Å²) in [4.78, 5) is 42.2. The Labute approximate surface area is 156 Å². The number of aryl methyl sites for hydroxylation is 2. The van der Waals surface area contributed by atoms with Crippen LogP contribution >= 0.6 is 0 Å². The summed E-state index contributed by atoms with van der Waals surface area (Å²) >= 11 is 0. The van der Waals surface area contributed by atoms with E-state index in [1.165, 1.54) is 11.6 Å². The van der Waals surface area contributed by atoms with E-state index in [0.29, 0.717) is 11.3 Å². The molecule has 3 aromatic rings. The predicted octanol–water partition coefficient (Wildman–Crippen LogP) is 2.32. The van der Waals surface area contributed by atoms with Gasteiger partial charge in [-0.15, -0.1) is 0 Å². The molecule has 0 saturated carbocycles. The standard InChI is InChI=1S/C20H22N4O3/c1-11(2)14-10-21-17-15(19(26)24(5)20(27)23(17)4)16(14)22-18(25)13-8-6-7-12(3)9-13/h6-11H,1-5H3,(H,21,22,25). The Bertz CT molecular complexity index is 1170. The first-order chi connectivity index (χ1) is 12.7. The van der Waals surface area contributed by atoms with Crippen LogP contribution < -0.4 is 16.6 Å². The van der Waals surface area contributed by atoms with E-state index in [1.807, 2.05) is 26.8 Å². The molecule has 0 spiro atoms. The molecular formula is C20H22N4O3. The van der Waals surface area contributed by atoms with Gasteiger partial charge in [0.05, 0.1) is 5.69 Å². The molecule has 2 heterocycles. The topological polar surface area (TPSA) is 86.0 Å². The van der Waals surface area contributed by atoms with Crippen LogP contribution in [0.3, 0.4) is 0 Å². The Morgan fingerprint density at radius 3 is 2.48 bits per heavy atom. The van der Waals surface area contributed by atoms with Crippen LogP contribution in [-0.4, -0.2) is 20.0 Å². The van der Waals surface area contributed by atoms with E-state index in [4.69, 9.17) is 0 Å². The number of fused-ring (bicyclic) bond motifs is 1. The fourth-order valence-electron chi connectivity index (χ4n) is 3.09. The summed E-state index contributed by atoms with van der Waals surface area (Å²) < 4.78 is 2.33. The maximum absolute atomic E-state index is 12.8. The number of hydrogen-bond donors (Lipinski definition) is 1. The first-order valence-electron chi connectivity index (χ1n) is 8.69. The van der Waals surface area contributed by atoms with Gasteiger partial charge in [-0.25, -0.2) is 9.78 Å². The van der Waals surface area contributed by atoms with Gasteiger partial charge < -0.3 is 5.32 Å². The zero-order valence-electron chi connectivity index (χ0n) is 16.0. The molecule has 7 nitrogen and oxygen atoms in total. The molecule has 2 aromatic heterocycles. The molecule has 0 aliphatic rings. The number of amides is 1. The number of anilines is 1. The Morgan fingerprint density at radius 2 is 1.85 bits per heavy atom. The molecule has 0 bridgehead atoms. The maximum atomic E-state index is 12.8. The summed E-state index contributed by atoms with van der Waals surface area (Å²) in [6.07, 6.45) is 1.61. The first kappa shape index (κ1) is 18.6. The van der Waals surface area contributed by atoms with E-state index in [9.17, 15) is 14.4 Å². The second-order valence-corrected chi connectivity index (χ2v) is 6.97. The van der Waals surface area contributed by atoms with Gasteiger partial charge in [-0.05, 0) is 30.5 Å². The van der Waals surface area contributed by atoms with Crippen LogP contribution in [0.15, 0.2) is 40.1 Å². The van der Waals surface area contributed by atoms with E-state index < -0.39 is 11.2 Å². The summed E-state index contributed by atoms with van der Waals surface area (Å²) in [5, 5.41) is 3.11. The van der Waals surface area contributed by atoms with Gasteiger partial charge in [0.1, 0.15) is 5.39 Å². The molecule has 0 unspecified atom stereocenters. The van der Waals surface area contributed by atoms with Crippen molar-refractivity contribution in [2.75, 3.05) is 5.32 Å². The average Bonchev–Trinajstić information content (AvgIpc) is 2.64. The van der Waals surface area contributed by atoms with Crippen molar-refractivity contribution < 1.29 is 4.79 Å². The van der Waals surface area contributed by atoms with E-state index in [2.05, 4.69) is 10.3 Å². The third-order valence-electron chi connectivity index (χ3n) is 4.64. The van der Waals surface area contributed by atoms with Gasteiger partial charge in [0, 0.05) is 25.9 Å². The van der Waals surface area contributed by atoms with E-state index >= 15 is 0 Å². The number of nitrogens with zero attached hydrogens (tertiary/aromatic N) is 3. The zero-order valence-corrected chi connectivity index (χ0v) is 16.0. The van der Waals surface area contributed by atoms with Crippen LogP contribution in [0.1, 0.15) is 41.3 Å². The van der Waals surface area contributed by atoms with Crippen molar-refractivity contribution in [1.29, 1.82) is 0 Å². The average molecular weight is 366 g/mol. The number of hydrogen-bond acceptors (Lipinski definition) is 4. The lowest BCUT2D eigenvalue weighted by molar-refractivity contribution is 0.102. The van der Waals surface area contributed by atoms with Crippen LogP contribution in [0.5, 0.6) is 0 Å². The van der Waals surface area contributed by atoms with Crippen LogP contribution in [0, 0.1) is 6.92 Å². The lowest BCUT2D eigenvalue weighted by Gasteiger charge is -2.17. The van der Waals surface area contributed by atoms with Gasteiger partial charge in [-0.3, -0.25) is 18.7 Å². The van der Waals surface area contributed by atoms with Gasteiger partial charge in [-0.2, -0.15) is 0 Å². The third-order valence-corrected chi connectivity index (χ3v) is 4.64. The van der Waals surface area contributed by atoms with Crippen molar-refractivity contribution in [3.63, 3.8) is 0 Å². The number of rotatable bonds is 3. The highest BCUT2D eigenvalue weighted by molar-refractivity contribution is 6.09. The SMILES string of the molecule is Cc1cccc(C(=O)Nc2c(C(C)C)cnc3c2c(=O)n(C)c(=O)n3C)c1. The molecule has 0 aliphatic carbocycles. The van der Waals surface area contributed by atoms with E-state index in [-0.39, 0.29) is 22.9 Å². The number of nitrogens with one attached hydrogen (secondary N) is 1. The van der Waals surface area contributed by atoms with Crippen molar-refractivity contribution in [3.8, 4) is 0 Å². The molecule has 0 radical (unpaired) electrons. The molecule has 0 atom stereocenters. The molecule has 27 heavy (non-hydrogen) atoms. The highest BCUT2D eigenvalue weighted by Gasteiger charge is 2.20. The summed E-state index contributed by atoms with van der Waals surface area (Å²) in [6.45, 7) is 5.82. The molecule has 0 aliphatic heterocycles. The van der Waals surface area contributed by atoms with Crippen LogP contribution in [0.4, 0.5) is 5.69 Å². The van der Waals surface area contributed by atoms with Gasteiger partial charge in [0.25, 0.3) is 11.5 Å². The fourth-order valence-corrected chi connectivity index (χ4v) is 3.09. The number of benzene rings is 1. The summed E-state index contributed by atoms with van der Waals surface area (Å²) in [7, 11) is 2.97. The molecule has 1 amide bonds. The van der Waals surface area contributed by atoms with Crippen molar-refractivity contribution in [2.24, 2.45) is 14.1 Å². The smallest absolute Gasteiger partial charge is 0.321 e. The Morgan fingerprint density at radius 1 is 1.15 bits per heavy atom.